The van der Waals surface area contributed by atoms with Crippen molar-refractivity contribution < 1.29 is 23.7 Å². The first-order valence-corrected chi connectivity index (χ1v) is 7.94. The van der Waals surface area contributed by atoms with Crippen molar-refractivity contribution in [2.24, 2.45) is 10.8 Å². The SMILES string of the molecule is C#CC1(C)C=C(O)C=CC(OC(F)(F)/C(C=C)=C/C(C)(C)/C=C(\C)O)=C1. The lowest BCUT2D eigenvalue weighted by molar-refractivity contribution is -0.177. The fourth-order valence-electron chi connectivity index (χ4n) is 2.50. The Bertz CT molecular complexity index is 755. The predicted molar refractivity (Wildman–Crippen MR) is 99.4 cm³/mol. The molecule has 0 saturated carbocycles. The van der Waals surface area contributed by atoms with Gasteiger partial charge in [-0.1, -0.05) is 38.5 Å². The first-order valence-electron chi connectivity index (χ1n) is 7.94. The molecular weight excluding hydrogens is 338 g/mol. The summed E-state index contributed by atoms with van der Waals surface area (Å²) in [5.41, 5.74) is -2.39. The fraction of sp³-hybridized carbons (Fsp3) is 0.333. The highest BCUT2D eigenvalue weighted by Gasteiger charge is 2.38. The van der Waals surface area contributed by atoms with E-state index < -0.39 is 22.5 Å². The summed E-state index contributed by atoms with van der Waals surface area (Å²) in [6.07, 6.45) is 10.6. The molecule has 26 heavy (non-hydrogen) atoms. The van der Waals surface area contributed by atoms with E-state index in [1.807, 2.05) is 0 Å². The zero-order valence-electron chi connectivity index (χ0n) is 15.4. The standard InChI is InChI=1S/C21H24F2O3/c1-7-16(12-19(4,5)11-15(3)24)21(22,23)26-18-10-9-17(25)13-20(6,8-2)14-18/h2,7,9-14,24-25H,1H2,3-6H3/b15-11+,16-12+. The van der Waals surface area contributed by atoms with Crippen LogP contribution >= 0.6 is 0 Å². The maximum atomic E-state index is 14.7. The van der Waals surface area contributed by atoms with Crippen molar-refractivity contribution in [2.75, 3.05) is 0 Å². The Morgan fingerprint density at radius 2 is 1.92 bits per heavy atom. The number of halogens is 2. The molecule has 0 aliphatic heterocycles. The number of aliphatic hydroxyl groups excluding tert-OH is 2. The molecule has 0 aromatic carbocycles. The summed E-state index contributed by atoms with van der Waals surface area (Å²) in [5.74, 6) is 2.10. The molecule has 0 aromatic heterocycles. The highest BCUT2D eigenvalue weighted by atomic mass is 19.3. The Hall–Kier alpha value is -2.74. The number of rotatable bonds is 6. The van der Waals surface area contributed by atoms with Crippen molar-refractivity contribution in [1.29, 1.82) is 0 Å². The van der Waals surface area contributed by atoms with Gasteiger partial charge in [-0.3, -0.25) is 0 Å². The van der Waals surface area contributed by atoms with Crippen LogP contribution < -0.4 is 0 Å². The quantitative estimate of drug-likeness (QED) is 0.360. The fourth-order valence-corrected chi connectivity index (χ4v) is 2.50. The molecule has 1 rings (SSSR count). The Balaban J connectivity index is 3.25. The molecule has 0 heterocycles. The Morgan fingerprint density at radius 1 is 1.31 bits per heavy atom. The maximum Gasteiger partial charge on any atom is 0.426 e. The van der Waals surface area contributed by atoms with Crippen molar-refractivity contribution >= 4 is 0 Å². The molecule has 140 valence electrons. The van der Waals surface area contributed by atoms with Crippen LogP contribution in [0.2, 0.25) is 0 Å². The lowest BCUT2D eigenvalue weighted by Crippen LogP contribution is -2.24. The monoisotopic (exact) mass is 362 g/mol. The summed E-state index contributed by atoms with van der Waals surface area (Å²) in [6, 6.07) is 0. The summed E-state index contributed by atoms with van der Waals surface area (Å²) < 4.78 is 34.2. The normalized spacial score (nSPS) is 22.0. The number of hydrogen-bond donors (Lipinski definition) is 2. The molecule has 0 fully saturated rings. The minimum Gasteiger partial charge on any atom is -0.513 e. The van der Waals surface area contributed by atoms with E-state index in [1.165, 1.54) is 43.4 Å². The van der Waals surface area contributed by atoms with Gasteiger partial charge in [-0.25, -0.2) is 0 Å². The topological polar surface area (TPSA) is 49.7 Å². The van der Waals surface area contributed by atoms with E-state index >= 15 is 0 Å². The molecule has 0 saturated heterocycles. The van der Waals surface area contributed by atoms with Gasteiger partial charge in [-0.15, -0.1) is 6.42 Å². The van der Waals surface area contributed by atoms with Crippen molar-refractivity contribution in [2.45, 2.75) is 33.8 Å². The van der Waals surface area contributed by atoms with E-state index in [0.717, 1.165) is 6.08 Å². The van der Waals surface area contributed by atoms with Gasteiger partial charge in [0.1, 0.15) is 11.5 Å². The van der Waals surface area contributed by atoms with E-state index in [2.05, 4.69) is 12.5 Å². The van der Waals surface area contributed by atoms with E-state index in [-0.39, 0.29) is 17.3 Å². The van der Waals surface area contributed by atoms with Gasteiger partial charge in [-0.2, -0.15) is 8.78 Å². The zero-order chi connectivity index (χ0) is 20.2. The van der Waals surface area contributed by atoms with Gasteiger partial charge < -0.3 is 14.9 Å². The molecule has 0 spiro atoms. The van der Waals surface area contributed by atoms with Crippen LogP contribution in [-0.4, -0.2) is 16.3 Å². The molecule has 1 unspecified atom stereocenters. The van der Waals surface area contributed by atoms with Crippen molar-refractivity contribution in [1.82, 2.24) is 0 Å². The van der Waals surface area contributed by atoms with Crippen molar-refractivity contribution in [3.63, 3.8) is 0 Å². The van der Waals surface area contributed by atoms with Crippen molar-refractivity contribution in [3.8, 4) is 12.3 Å². The van der Waals surface area contributed by atoms with E-state index in [9.17, 15) is 19.0 Å². The summed E-state index contributed by atoms with van der Waals surface area (Å²) in [6.45, 7) is 9.79. The lowest BCUT2D eigenvalue weighted by Gasteiger charge is -2.24. The molecule has 0 bridgehead atoms. The van der Waals surface area contributed by atoms with Gasteiger partial charge in [0, 0.05) is 5.41 Å². The summed E-state index contributed by atoms with van der Waals surface area (Å²) >= 11 is 0. The molecule has 0 radical (unpaired) electrons. The van der Waals surface area contributed by atoms with Gasteiger partial charge in [0.05, 0.1) is 16.7 Å². The highest BCUT2D eigenvalue weighted by Crippen LogP contribution is 2.36. The number of aliphatic hydroxyl groups is 2. The molecule has 2 N–H and O–H groups in total. The minimum absolute atomic E-state index is 0.0136. The molecule has 1 aliphatic carbocycles. The van der Waals surface area contributed by atoms with Gasteiger partial charge in [0.15, 0.2) is 0 Å². The lowest BCUT2D eigenvalue weighted by atomic mass is 9.89. The first-order chi connectivity index (χ1) is 11.8. The average molecular weight is 362 g/mol. The van der Waals surface area contributed by atoms with Gasteiger partial charge in [-0.05, 0) is 44.2 Å². The van der Waals surface area contributed by atoms with Crippen molar-refractivity contribution in [3.05, 3.63) is 72.0 Å². The van der Waals surface area contributed by atoms with Gasteiger partial charge in [0.2, 0.25) is 0 Å². The van der Waals surface area contributed by atoms with Crippen LogP contribution in [0.1, 0.15) is 27.7 Å². The number of terminal acetylenes is 1. The summed E-state index contributed by atoms with van der Waals surface area (Å²) in [4.78, 5) is 0. The average Bonchev–Trinajstić information content (AvgIpc) is 2.61. The zero-order valence-corrected chi connectivity index (χ0v) is 15.4. The second-order valence-corrected chi connectivity index (χ2v) is 6.91. The highest BCUT2D eigenvalue weighted by molar-refractivity contribution is 5.37. The van der Waals surface area contributed by atoms with Crippen LogP contribution in [-0.2, 0) is 4.74 Å². The van der Waals surface area contributed by atoms with Crippen LogP contribution in [0.4, 0.5) is 8.78 Å². The third-order valence-corrected chi connectivity index (χ3v) is 3.53. The molecular formula is C21H24F2O3. The first kappa shape index (κ1) is 21.3. The largest absolute Gasteiger partial charge is 0.513 e. The number of ether oxygens (including phenoxy) is 1. The Labute approximate surface area is 153 Å². The Kier molecular flexibility index (Phi) is 6.27. The van der Waals surface area contributed by atoms with Crippen LogP contribution in [0.5, 0.6) is 0 Å². The second kappa shape index (κ2) is 7.65. The number of allylic oxidation sites excluding steroid dienone is 7. The van der Waals surface area contributed by atoms with E-state index in [4.69, 9.17) is 11.2 Å². The van der Waals surface area contributed by atoms with E-state index in [0.29, 0.717) is 0 Å². The number of hydrogen-bond acceptors (Lipinski definition) is 3. The van der Waals surface area contributed by atoms with Gasteiger partial charge >= 0.3 is 6.11 Å². The summed E-state index contributed by atoms with van der Waals surface area (Å²) in [5, 5.41) is 19.1. The third kappa shape index (κ3) is 5.96. The minimum atomic E-state index is -3.69. The predicted octanol–water partition coefficient (Wildman–Crippen LogP) is 5.73. The molecule has 1 atom stereocenters. The molecule has 0 aromatic rings. The van der Waals surface area contributed by atoms with Crippen LogP contribution in [0.3, 0.4) is 0 Å². The third-order valence-electron chi connectivity index (χ3n) is 3.53. The molecule has 5 heteroatoms. The second-order valence-electron chi connectivity index (χ2n) is 6.91. The van der Waals surface area contributed by atoms with Crippen LogP contribution in [0, 0.1) is 23.2 Å². The number of alkyl halides is 2. The maximum absolute atomic E-state index is 14.7. The summed E-state index contributed by atoms with van der Waals surface area (Å²) in [7, 11) is 0. The molecule has 0 amide bonds. The molecule has 1 aliphatic rings. The Morgan fingerprint density at radius 3 is 2.42 bits per heavy atom. The van der Waals surface area contributed by atoms with Crippen LogP contribution in [0.25, 0.3) is 0 Å². The van der Waals surface area contributed by atoms with Crippen LogP contribution in [0.15, 0.2) is 72.0 Å². The van der Waals surface area contributed by atoms with E-state index in [1.54, 1.807) is 20.8 Å². The van der Waals surface area contributed by atoms with Gasteiger partial charge in [0.25, 0.3) is 0 Å². The smallest absolute Gasteiger partial charge is 0.426 e. The molecule has 3 nitrogen and oxygen atoms in total.